The Labute approximate surface area is 128 Å². The van der Waals surface area contributed by atoms with E-state index in [0.717, 1.165) is 5.56 Å². The predicted molar refractivity (Wildman–Crippen MR) is 81.3 cm³/mol. The zero-order valence-electron chi connectivity index (χ0n) is 12.5. The van der Waals surface area contributed by atoms with E-state index >= 15 is 0 Å². The summed E-state index contributed by atoms with van der Waals surface area (Å²) >= 11 is 0. The number of sulfonamides is 1. The summed E-state index contributed by atoms with van der Waals surface area (Å²) in [5.41, 5.74) is 1.54. The number of H-pyrrole nitrogens is 1. The Bertz CT molecular complexity index is 796. The van der Waals surface area contributed by atoms with Gasteiger partial charge in [-0.2, -0.15) is 5.10 Å². The molecule has 0 amide bonds. The number of ether oxygens (including phenoxy) is 1. The van der Waals surface area contributed by atoms with Gasteiger partial charge in [0.25, 0.3) is 10.0 Å². The summed E-state index contributed by atoms with van der Waals surface area (Å²) < 4.78 is 31.9. The number of aryl methyl sites for hydroxylation is 2. The summed E-state index contributed by atoms with van der Waals surface area (Å²) in [6.07, 6.45) is 0. The molecule has 0 spiro atoms. The first kappa shape index (κ1) is 16.0. The Morgan fingerprint density at radius 3 is 2.73 bits per heavy atom. The minimum Gasteiger partial charge on any atom is -0.461 e. The van der Waals surface area contributed by atoms with Crippen molar-refractivity contribution in [1.29, 1.82) is 0 Å². The molecule has 0 bridgehead atoms. The number of aromatic nitrogens is 2. The molecule has 0 aliphatic carbocycles. The number of aromatic amines is 1. The average molecular weight is 323 g/mol. The fourth-order valence-electron chi connectivity index (χ4n) is 1.88. The van der Waals surface area contributed by atoms with Crippen LogP contribution in [0.15, 0.2) is 29.2 Å². The molecule has 0 aliphatic rings. The normalized spacial score (nSPS) is 11.2. The highest BCUT2D eigenvalue weighted by atomic mass is 32.2. The first-order valence-corrected chi connectivity index (χ1v) is 8.14. The molecule has 0 radical (unpaired) electrons. The van der Waals surface area contributed by atoms with Crippen LogP contribution in [-0.2, 0) is 14.8 Å². The number of rotatable bonds is 5. The standard InChI is InChI=1S/C14H17N3O4S/c1-4-21-14(18)11-8-13(16-15-11)17-22(19,20)12-7-9(2)5-6-10(12)3/h5-8H,4H2,1-3H3,(H2,15,16,17). The maximum atomic E-state index is 12.4. The Kier molecular flexibility index (Phi) is 4.51. The predicted octanol–water partition coefficient (Wildman–Crippen LogP) is 2.00. The molecule has 2 N–H and O–H groups in total. The molecule has 0 saturated heterocycles. The van der Waals surface area contributed by atoms with Crippen molar-refractivity contribution in [3.05, 3.63) is 41.1 Å². The second-order valence-electron chi connectivity index (χ2n) is 4.76. The van der Waals surface area contributed by atoms with Crippen LogP contribution in [-0.4, -0.2) is 31.2 Å². The van der Waals surface area contributed by atoms with Crippen LogP contribution in [0.2, 0.25) is 0 Å². The topological polar surface area (TPSA) is 101 Å². The van der Waals surface area contributed by atoms with E-state index in [1.54, 1.807) is 26.0 Å². The number of nitrogens with one attached hydrogen (secondary N) is 2. The van der Waals surface area contributed by atoms with Crippen molar-refractivity contribution in [2.45, 2.75) is 25.7 Å². The van der Waals surface area contributed by atoms with E-state index in [4.69, 9.17) is 4.74 Å². The van der Waals surface area contributed by atoms with Crippen LogP contribution >= 0.6 is 0 Å². The number of anilines is 1. The highest BCUT2D eigenvalue weighted by Crippen LogP contribution is 2.20. The Hall–Kier alpha value is -2.35. The summed E-state index contributed by atoms with van der Waals surface area (Å²) in [6, 6.07) is 6.44. The second-order valence-corrected chi connectivity index (χ2v) is 6.41. The van der Waals surface area contributed by atoms with Crippen molar-refractivity contribution in [2.75, 3.05) is 11.3 Å². The van der Waals surface area contributed by atoms with E-state index in [1.165, 1.54) is 6.07 Å². The van der Waals surface area contributed by atoms with Crippen molar-refractivity contribution < 1.29 is 17.9 Å². The lowest BCUT2D eigenvalue weighted by Crippen LogP contribution is -2.14. The maximum Gasteiger partial charge on any atom is 0.356 e. The highest BCUT2D eigenvalue weighted by Gasteiger charge is 2.19. The van der Waals surface area contributed by atoms with E-state index < -0.39 is 16.0 Å². The van der Waals surface area contributed by atoms with Crippen LogP contribution < -0.4 is 4.72 Å². The van der Waals surface area contributed by atoms with Gasteiger partial charge in [-0.05, 0) is 38.0 Å². The van der Waals surface area contributed by atoms with Gasteiger partial charge >= 0.3 is 5.97 Å². The Morgan fingerprint density at radius 2 is 2.05 bits per heavy atom. The van der Waals surface area contributed by atoms with E-state index in [-0.39, 0.29) is 23.0 Å². The van der Waals surface area contributed by atoms with Crippen molar-refractivity contribution in [2.24, 2.45) is 0 Å². The molecule has 2 aromatic rings. The van der Waals surface area contributed by atoms with Crippen molar-refractivity contribution in [1.82, 2.24) is 10.2 Å². The lowest BCUT2D eigenvalue weighted by Gasteiger charge is -2.09. The summed E-state index contributed by atoms with van der Waals surface area (Å²) in [4.78, 5) is 11.7. The smallest absolute Gasteiger partial charge is 0.356 e. The maximum absolute atomic E-state index is 12.4. The molecule has 0 saturated carbocycles. The monoisotopic (exact) mass is 323 g/mol. The fourth-order valence-corrected chi connectivity index (χ4v) is 3.20. The van der Waals surface area contributed by atoms with Gasteiger partial charge in [0.05, 0.1) is 11.5 Å². The largest absolute Gasteiger partial charge is 0.461 e. The highest BCUT2D eigenvalue weighted by molar-refractivity contribution is 7.92. The first-order valence-electron chi connectivity index (χ1n) is 6.66. The number of nitrogens with zero attached hydrogens (tertiary/aromatic N) is 1. The van der Waals surface area contributed by atoms with Crippen molar-refractivity contribution in [3.63, 3.8) is 0 Å². The molecule has 2 rings (SSSR count). The molecule has 0 unspecified atom stereocenters. The van der Waals surface area contributed by atoms with Gasteiger partial charge in [-0.1, -0.05) is 12.1 Å². The fraction of sp³-hybridized carbons (Fsp3) is 0.286. The van der Waals surface area contributed by atoms with Gasteiger partial charge in [-0.25, -0.2) is 13.2 Å². The number of carbonyl (C=O) groups excluding carboxylic acids is 1. The van der Waals surface area contributed by atoms with Gasteiger partial charge in [0.15, 0.2) is 5.82 Å². The van der Waals surface area contributed by atoms with E-state index in [9.17, 15) is 13.2 Å². The van der Waals surface area contributed by atoms with E-state index in [1.807, 2.05) is 13.0 Å². The van der Waals surface area contributed by atoms with Gasteiger partial charge < -0.3 is 4.74 Å². The van der Waals surface area contributed by atoms with Gasteiger partial charge in [0.2, 0.25) is 0 Å². The number of hydrogen-bond donors (Lipinski definition) is 2. The molecule has 8 heteroatoms. The summed E-state index contributed by atoms with van der Waals surface area (Å²) in [5.74, 6) is -0.559. The lowest BCUT2D eigenvalue weighted by atomic mass is 10.2. The van der Waals surface area contributed by atoms with Crippen LogP contribution in [0.25, 0.3) is 0 Å². The summed E-state index contributed by atoms with van der Waals surface area (Å²) in [6.45, 7) is 5.42. The molecular weight excluding hydrogens is 306 g/mol. The quantitative estimate of drug-likeness (QED) is 0.820. The van der Waals surface area contributed by atoms with E-state index in [2.05, 4.69) is 14.9 Å². The molecule has 1 aromatic heterocycles. The first-order chi connectivity index (χ1) is 10.3. The molecule has 7 nitrogen and oxygen atoms in total. The third-order valence-corrected chi connectivity index (χ3v) is 4.44. The molecule has 22 heavy (non-hydrogen) atoms. The van der Waals surface area contributed by atoms with Crippen LogP contribution in [0.3, 0.4) is 0 Å². The molecule has 118 valence electrons. The molecule has 1 aromatic carbocycles. The molecule has 1 heterocycles. The third-order valence-electron chi connectivity index (χ3n) is 2.95. The van der Waals surface area contributed by atoms with Gasteiger partial charge in [-0.3, -0.25) is 9.82 Å². The minimum absolute atomic E-state index is 0.0314. The third kappa shape index (κ3) is 3.45. The molecule has 0 fully saturated rings. The number of carbonyl (C=O) groups is 1. The zero-order chi connectivity index (χ0) is 16.3. The molecule has 0 atom stereocenters. The van der Waals surface area contributed by atoms with Gasteiger partial charge in [0, 0.05) is 6.07 Å². The number of hydrogen-bond acceptors (Lipinski definition) is 5. The van der Waals surface area contributed by atoms with E-state index in [0.29, 0.717) is 5.56 Å². The Balaban J connectivity index is 2.26. The molecule has 0 aliphatic heterocycles. The number of benzene rings is 1. The van der Waals surface area contributed by atoms with Gasteiger partial charge in [-0.15, -0.1) is 0 Å². The minimum atomic E-state index is -3.78. The molecular formula is C14H17N3O4S. The second kappa shape index (κ2) is 6.18. The van der Waals surface area contributed by atoms with Crippen LogP contribution in [0.1, 0.15) is 28.5 Å². The Morgan fingerprint density at radius 1 is 1.32 bits per heavy atom. The SMILES string of the molecule is CCOC(=O)c1cc(NS(=O)(=O)c2cc(C)ccc2C)n[nH]1. The summed E-state index contributed by atoms with van der Waals surface area (Å²) in [7, 11) is -3.78. The van der Waals surface area contributed by atoms with Crippen molar-refractivity contribution >= 4 is 21.8 Å². The van der Waals surface area contributed by atoms with Crippen LogP contribution in [0, 0.1) is 13.8 Å². The average Bonchev–Trinajstić information content (AvgIpc) is 2.89. The van der Waals surface area contributed by atoms with Crippen molar-refractivity contribution in [3.8, 4) is 0 Å². The van der Waals surface area contributed by atoms with Crippen LogP contribution in [0.5, 0.6) is 0 Å². The van der Waals surface area contributed by atoms with Crippen LogP contribution in [0.4, 0.5) is 5.82 Å². The zero-order valence-corrected chi connectivity index (χ0v) is 13.3. The van der Waals surface area contributed by atoms with Gasteiger partial charge in [0.1, 0.15) is 5.69 Å². The number of esters is 1. The lowest BCUT2D eigenvalue weighted by molar-refractivity contribution is 0.0519. The summed E-state index contributed by atoms with van der Waals surface area (Å²) in [5, 5.41) is 6.21.